The molecule has 0 bridgehead atoms. The molecule has 1 aliphatic carbocycles. The second-order valence-electron chi connectivity index (χ2n) is 4.44. The quantitative estimate of drug-likeness (QED) is 0.756. The monoisotopic (exact) mass is 238 g/mol. The Labute approximate surface area is 101 Å². The average molecular weight is 238 g/mol. The van der Waals surface area contributed by atoms with E-state index in [0.717, 1.165) is 17.7 Å². The van der Waals surface area contributed by atoms with Crippen molar-refractivity contribution in [2.45, 2.75) is 37.0 Å². The van der Waals surface area contributed by atoms with Gasteiger partial charge in [-0.05, 0) is 12.8 Å². The first-order valence-corrected chi connectivity index (χ1v) is 6.88. The van der Waals surface area contributed by atoms with E-state index in [0.29, 0.717) is 17.5 Å². The Kier molecular flexibility index (Phi) is 4.04. The number of carbonyl (C=O) groups excluding carboxylic acids is 1. The van der Waals surface area contributed by atoms with Crippen molar-refractivity contribution in [2.75, 3.05) is 5.75 Å². The fraction of sp³-hybridized carbons (Fsp3) is 0.667. The minimum atomic E-state index is 0.331. The number of thioether (sulfide) groups is 1. The Morgan fingerprint density at radius 1 is 1.50 bits per heavy atom. The number of hydrogen-bond donors (Lipinski definition) is 0. The van der Waals surface area contributed by atoms with Crippen LogP contribution in [0.15, 0.2) is 17.3 Å². The van der Waals surface area contributed by atoms with Crippen molar-refractivity contribution in [1.29, 1.82) is 0 Å². The zero-order valence-corrected chi connectivity index (χ0v) is 10.5. The highest BCUT2D eigenvalue weighted by Crippen LogP contribution is 2.26. The molecule has 1 aromatic rings. The van der Waals surface area contributed by atoms with Gasteiger partial charge >= 0.3 is 0 Å². The maximum absolute atomic E-state index is 11.9. The third-order valence-corrected chi connectivity index (χ3v) is 4.10. The van der Waals surface area contributed by atoms with E-state index in [9.17, 15) is 4.79 Å². The fourth-order valence-corrected chi connectivity index (χ4v) is 3.06. The molecular weight excluding hydrogens is 220 g/mol. The van der Waals surface area contributed by atoms with E-state index in [1.165, 1.54) is 19.3 Å². The van der Waals surface area contributed by atoms with Gasteiger partial charge in [-0.2, -0.15) is 5.10 Å². The van der Waals surface area contributed by atoms with Gasteiger partial charge in [0, 0.05) is 24.1 Å². The van der Waals surface area contributed by atoms with Crippen molar-refractivity contribution < 1.29 is 4.79 Å². The van der Waals surface area contributed by atoms with Gasteiger partial charge in [0.15, 0.2) is 0 Å². The molecule has 88 valence electrons. The van der Waals surface area contributed by atoms with Gasteiger partial charge in [-0.25, -0.2) is 0 Å². The van der Waals surface area contributed by atoms with Crippen LogP contribution < -0.4 is 0 Å². The van der Waals surface area contributed by atoms with Gasteiger partial charge in [0.2, 0.25) is 0 Å². The van der Waals surface area contributed by atoms with E-state index in [4.69, 9.17) is 0 Å². The molecular formula is C12H18N2OS. The zero-order chi connectivity index (χ0) is 11.4. The molecule has 0 spiro atoms. The van der Waals surface area contributed by atoms with Crippen molar-refractivity contribution in [1.82, 2.24) is 9.78 Å². The number of rotatable bonds is 4. The Bertz CT molecular complexity index is 356. The molecule has 0 unspecified atom stereocenters. The van der Waals surface area contributed by atoms with Crippen molar-refractivity contribution in [3.63, 3.8) is 0 Å². The molecule has 1 heterocycles. The first-order valence-electron chi connectivity index (χ1n) is 5.90. The molecule has 1 saturated carbocycles. The predicted molar refractivity (Wildman–Crippen MR) is 65.5 cm³/mol. The maximum Gasteiger partial charge on any atom is 0.146 e. The van der Waals surface area contributed by atoms with E-state index in [-0.39, 0.29) is 0 Å². The number of ketones is 1. The van der Waals surface area contributed by atoms with Crippen LogP contribution in [0.1, 0.15) is 32.1 Å². The number of hydrogen-bond acceptors (Lipinski definition) is 3. The summed E-state index contributed by atoms with van der Waals surface area (Å²) in [5.41, 5.74) is 0. The minimum Gasteiger partial charge on any atom is -0.298 e. The summed E-state index contributed by atoms with van der Waals surface area (Å²) in [6.07, 6.45) is 9.75. The highest BCUT2D eigenvalue weighted by Gasteiger charge is 2.20. The molecule has 0 saturated heterocycles. The lowest BCUT2D eigenvalue weighted by Gasteiger charge is -2.19. The summed E-state index contributed by atoms with van der Waals surface area (Å²) in [5.74, 6) is 1.36. The molecule has 0 aromatic carbocycles. The van der Waals surface area contributed by atoms with Crippen LogP contribution in [0.25, 0.3) is 0 Å². The second-order valence-corrected chi connectivity index (χ2v) is 5.49. The Balaban J connectivity index is 1.78. The van der Waals surface area contributed by atoms with E-state index < -0.39 is 0 Å². The number of aryl methyl sites for hydroxylation is 1. The summed E-state index contributed by atoms with van der Waals surface area (Å²) in [5, 5.41) is 4.09. The molecule has 0 N–H and O–H groups in total. The average Bonchev–Trinajstić information content (AvgIpc) is 2.73. The Morgan fingerprint density at radius 2 is 2.25 bits per heavy atom. The lowest BCUT2D eigenvalue weighted by Crippen LogP contribution is -2.19. The summed E-state index contributed by atoms with van der Waals surface area (Å²) in [6, 6.07) is 0. The topological polar surface area (TPSA) is 34.9 Å². The number of aromatic nitrogens is 2. The zero-order valence-electron chi connectivity index (χ0n) is 9.69. The minimum absolute atomic E-state index is 0.331. The highest BCUT2D eigenvalue weighted by atomic mass is 32.2. The van der Waals surface area contributed by atoms with Crippen LogP contribution in [-0.2, 0) is 11.8 Å². The summed E-state index contributed by atoms with van der Waals surface area (Å²) in [6.45, 7) is 0. The van der Waals surface area contributed by atoms with Crippen LogP contribution in [0.4, 0.5) is 0 Å². The standard InChI is InChI=1S/C12H18N2OS/c1-14-8-11(7-13-14)16-9-12(15)10-5-3-2-4-6-10/h7-8,10H,2-6,9H2,1H3. The predicted octanol–water partition coefficient (Wildman–Crippen LogP) is 2.66. The molecule has 1 fully saturated rings. The normalized spacial score (nSPS) is 17.6. The number of nitrogens with zero attached hydrogens (tertiary/aromatic N) is 2. The van der Waals surface area contributed by atoms with Gasteiger partial charge in [0.25, 0.3) is 0 Å². The molecule has 16 heavy (non-hydrogen) atoms. The molecule has 3 nitrogen and oxygen atoms in total. The summed E-state index contributed by atoms with van der Waals surface area (Å²) >= 11 is 1.61. The van der Waals surface area contributed by atoms with Crippen molar-refractivity contribution in [2.24, 2.45) is 13.0 Å². The summed E-state index contributed by atoms with van der Waals surface area (Å²) in [7, 11) is 1.90. The van der Waals surface area contributed by atoms with Crippen LogP contribution >= 0.6 is 11.8 Å². The van der Waals surface area contributed by atoms with Crippen LogP contribution in [-0.4, -0.2) is 21.3 Å². The molecule has 0 atom stereocenters. The third kappa shape index (κ3) is 3.11. The van der Waals surface area contributed by atoms with Gasteiger partial charge in [-0.1, -0.05) is 19.3 Å². The third-order valence-electron chi connectivity index (χ3n) is 3.12. The number of Topliss-reactive ketones (excluding diaryl/α,β-unsaturated/α-hetero) is 1. The maximum atomic E-state index is 11.9. The summed E-state index contributed by atoms with van der Waals surface area (Å²) in [4.78, 5) is 13.0. The lowest BCUT2D eigenvalue weighted by atomic mass is 9.87. The van der Waals surface area contributed by atoms with Gasteiger partial charge in [-0.15, -0.1) is 11.8 Å². The van der Waals surface area contributed by atoms with E-state index in [1.54, 1.807) is 16.4 Å². The molecule has 0 amide bonds. The van der Waals surface area contributed by atoms with Gasteiger partial charge < -0.3 is 0 Å². The molecule has 2 rings (SSSR count). The van der Waals surface area contributed by atoms with Crippen molar-refractivity contribution in [3.05, 3.63) is 12.4 Å². The SMILES string of the molecule is Cn1cc(SCC(=O)C2CCCCC2)cn1. The van der Waals surface area contributed by atoms with Gasteiger partial charge in [-0.3, -0.25) is 9.48 Å². The van der Waals surface area contributed by atoms with E-state index >= 15 is 0 Å². The second kappa shape index (κ2) is 5.53. The molecule has 1 aliphatic rings. The van der Waals surface area contributed by atoms with Crippen LogP contribution in [0.2, 0.25) is 0 Å². The molecule has 1 aromatic heterocycles. The van der Waals surface area contributed by atoms with Gasteiger partial charge in [0.05, 0.1) is 11.9 Å². The summed E-state index contributed by atoms with van der Waals surface area (Å²) < 4.78 is 1.77. The van der Waals surface area contributed by atoms with Gasteiger partial charge in [0.1, 0.15) is 5.78 Å². The van der Waals surface area contributed by atoms with Crippen LogP contribution in [0.5, 0.6) is 0 Å². The first-order chi connectivity index (χ1) is 7.75. The molecule has 4 heteroatoms. The van der Waals surface area contributed by atoms with Crippen LogP contribution in [0.3, 0.4) is 0 Å². The number of carbonyl (C=O) groups is 1. The largest absolute Gasteiger partial charge is 0.298 e. The first kappa shape index (κ1) is 11.7. The van der Waals surface area contributed by atoms with E-state index in [1.807, 2.05) is 19.4 Å². The Hall–Kier alpha value is -0.770. The molecule has 0 aliphatic heterocycles. The lowest BCUT2D eigenvalue weighted by molar-refractivity contribution is -0.121. The molecule has 0 radical (unpaired) electrons. The fourth-order valence-electron chi connectivity index (χ4n) is 2.17. The highest BCUT2D eigenvalue weighted by molar-refractivity contribution is 8.00. The van der Waals surface area contributed by atoms with Crippen molar-refractivity contribution in [3.8, 4) is 0 Å². The van der Waals surface area contributed by atoms with E-state index in [2.05, 4.69) is 5.10 Å². The smallest absolute Gasteiger partial charge is 0.146 e. The Morgan fingerprint density at radius 3 is 2.88 bits per heavy atom. The van der Waals surface area contributed by atoms with Crippen LogP contribution in [0, 0.1) is 5.92 Å². The van der Waals surface area contributed by atoms with Crippen molar-refractivity contribution >= 4 is 17.5 Å².